The Kier molecular flexibility index (Phi) is 4.16. The number of hydrogen-bond acceptors (Lipinski definition) is 3. The molecule has 2 aliphatic carbocycles. The van der Waals surface area contributed by atoms with Gasteiger partial charge in [-0.2, -0.15) is 0 Å². The third-order valence-electron chi connectivity index (χ3n) is 4.94. The van der Waals surface area contributed by atoms with Crippen molar-refractivity contribution in [3.8, 4) is 0 Å². The molecule has 0 atom stereocenters. The van der Waals surface area contributed by atoms with E-state index in [4.69, 9.17) is 16.6 Å². The number of hydrogen-bond donors (Lipinski definition) is 0. The van der Waals surface area contributed by atoms with E-state index in [9.17, 15) is 0 Å². The highest BCUT2D eigenvalue weighted by Crippen LogP contribution is 2.39. The van der Waals surface area contributed by atoms with Crippen LogP contribution in [0.5, 0.6) is 0 Å². The van der Waals surface area contributed by atoms with Gasteiger partial charge in [0.1, 0.15) is 16.8 Å². The summed E-state index contributed by atoms with van der Waals surface area (Å²) >= 11 is 6.17. The zero-order valence-electron chi connectivity index (χ0n) is 12.5. The molecule has 4 heteroatoms. The minimum absolute atomic E-state index is 0.552. The van der Waals surface area contributed by atoms with Gasteiger partial charge in [0, 0.05) is 25.1 Å². The Hall–Kier alpha value is -0.830. The predicted octanol–water partition coefficient (Wildman–Crippen LogP) is 4.41. The highest BCUT2D eigenvalue weighted by atomic mass is 35.5. The maximum absolute atomic E-state index is 6.17. The second-order valence-corrected chi connectivity index (χ2v) is 6.76. The van der Waals surface area contributed by atoms with E-state index >= 15 is 0 Å². The monoisotopic (exact) mass is 293 g/mol. The van der Waals surface area contributed by atoms with Crippen LogP contribution < -0.4 is 4.90 Å². The molecular formula is C16H24ClN3. The first-order chi connectivity index (χ1) is 9.67. The van der Waals surface area contributed by atoms with E-state index in [2.05, 4.69) is 23.9 Å². The lowest BCUT2D eigenvalue weighted by Gasteiger charge is -2.35. The van der Waals surface area contributed by atoms with Crippen LogP contribution in [0.15, 0.2) is 6.07 Å². The standard InChI is InChI=1S/C16H24ClN3/c1-3-11-4-8-13(9-5-11)20(2)15-10-14(17)18-16(19-15)12-6-7-12/h10-13H,3-9H2,1-2H3. The molecule has 1 aromatic rings. The average molecular weight is 294 g/mol. The first kappa shape index (κ1) is 14.1. The molecule has 1 heterocycles. The van der Waals surface area contributed by atoms with Gasteiger partial charge in [-0.25, -0.2) is 9.97 Å². The summed E-state index contributed by atoms with van der Waals surface area (Å²) in [5, 5.41) is 0.589. The van der Waals surface area contributed by atoms with Crippen molar-refractivity contribution < 1.29 is 0 Å². The topological polar surface area (TPSA) is 29.0 Å². The van der Waals surface area contributed by atoms with E-state index in [0.29, 0.717) is 17.1 Å². The third kappa shape index (κ3) is 3.08. The summed E-state index contributed by atoms with van der Waals surface area (Å²) in [6.07, 6.45) is 8.99. The van der Waals surface area contributed by atoms with Crippen LogP contribution in [0.2, 0.25) is 5.15 Å². The quantitative estimate of drug-likeness (QED) is 0.770. The Bertz CT molecular complexity index is 465. The molecule has 1 aromatic heterocycles. The van der Waals surface area contributed by atoms with Crippen molar-refractivity contribution in [1.29, 1.82) is 0 Å². The highest BCUT2D eigenvalue weighted by Gasteiger charge is 2.29. The molecule has 0 aliphatic heterocycles. The maximum atomic E-state index is 6.17. The largest absolute Gasteiger partial charge is 0.357 e. The Balaban J connectivity index is 1.71. The molecule has 20 heavy (non-hydrogen) atoms. The summed E-state index contributed by atoms with van der Waals surface area (Å²) in [6, 6.07) is 2.52. The fourth-order valence-corrected chi connectivity index (χ4v) is 3.44. The van der Waals surface area contributed by atoms with Crippen LogP contribution in [-0.4, -0.2) is 23.1 Å². The summed E-state index contributed by atoms with van der Waals surface area (Å²) in [5.74, 6) is 3.43. The summed E-state index contributed by atoms with van der Waals surface area (Å²) < 4.78 is 0. The predicted molar refractivity (Wildman–Crippen MR) is 83.5 cm³/mol. The van der Waals surface area contributed by atoms with Gasteiger partial charge >= 0.3 is 0 Å². The first-order valence-corrected chi connectivity index (χ1v) is 8.32. The van der Waals surface area contributed by atoms with Gasteiger partial charge in [-0.1, -0.05) is 24.9 Å². The molecule has 0 amide bonds. The molecule has 0 unspecified atom stereocenters. The van der Waals surface area contributed by atoms with Gasteiger partial charge in [0.05, 0.1) is 0 Å². The van der Waals surface area contributed by atoms with E-state index in [0.717, 1.165) is 17.6 Å². The SMILES string of the molecule is CCC1CCC(N(C)c2cc(Cl)nc(C3CC3)n2)CC1. The third-order valence-corrected chi connectivity index (χ3v) is 5.14. The highest BCUT2D eigenvalue weighted by molar-refractivity contribution is 6.29. The molecule has 3 rings (SSSR count). The molecule has 3 nitrogen and oxygen atoms in total. The van der Waals surface area contributed by atoms with Gasteiger partial charge in [0.2, 0.25) is 0 Å². The summed E-state index contributed by atoms with van der Waals surface area (Å²) in [7, 11) is 2.16. The van der Waals surface area contributed by atoms with Crippen LogP contribution >= 0.6 is 11.6 Å². The van der Waals surface area contributed by atoms with Crippen molar-refractivity contribution in [2.75, 3.05) is 11.9 Å². The van der Waals surface area contributed by atoms with Crippen LogP contribution in [0.25, 0.3) is 0 Å². The van der Waals surface area contributed by atoms with Crippen LogP contribution in [0.1, 0.15) is 63.6 Å². The fraction of sp³-hybridized carbons (Fsp3) is 0.750. The number of rotatable bonds is 4. The normalized spacial score (nSPS) is 26.6. The Morgan fingerprint density at radius 1 is 1.15 bits per heavy atom. The molecule has 0 bridgehead atoms. The van der Waals surface area contributed by atoms with E-state index in [1.165, 1.54) is 44.9 Å². The van der Waals surface area contributed by atoms with Gasteiger partial charge < -0.3 is 4.90 Å². The van der Waals surface area contributed by atoms with Gasteiger partial charge in [-0.05, 0) is 44.4 Å². The Morgan fingerprint density at radius 3 is 2.45 bits per heavy atom. The molecule has 2 fully saturated rings. The number of nitrogens with zero attached hydrogens (tertiary/aromatic N) is 3. The van der Waals surface area contributed by atoms with E-state index in [1.807, 2.05) is 6.07 Å². The molecule has 2 aliphatic rings. The lowest BCUT2D eigenvalue weighted by molar-refractivity contribution is 0.313. The Labute approximate surface area is 126 Å². The van der Waals surface area contributed by atoms with Crippen molar-refractivity contribution in [2.45, 2.75) is 63.8 Å². The summed E-state index contributed by atoms with van der Waals surface area (Å²) in [6.45, 7) is 2.31. The smallest absolute Gasteiger partial charge is 0.135 e. The molecule has 0 spiro atoms. The lowest BCUT2D eigenvalue weighted by atomic mass is 9.84. The molecule has 110 valence electrons. The van der Waals surface area contributed by atoms with Crippen LogP contribution in [-0.2, 0) is 0 Å². The van der Waals surface area contributed by atoms with Gasteiger partial charge in [-0.15, -0.1) is 0 Å². The zero-order valence-corrected chi connectivity index (χ0v) is 13.2. The molecule has 2 saturated carbocycles. The van der Waals surface area contributed by atoms with Gasteiger partial charge in [-0.3, -0.25) is 0 Å². The van der Waals surface area contributed by atoms with Crippen LogP contribution in [0.3, 0.4) is 0 Å². The number of anilines is 1. The first-order valence-electron chi connectivity index (χ1n) is 7.94. The fourth-order valence-electron chi connectivity index (χ4n) is 3.26. The summed E-state index contributed by atoms with van der Waals surface area (Å²) in [4.78, 5) is 11.4. The molecule has 0 saturated heterocycles. The van der Waals surface area contributed by atoms with Gasteiger partial charge in [0.25, 0.3) is 0 Å². The van der Waals surface area contributed by atoms with E-state index in [-0.39, 0.29) is 0 Å². The number of halogens is 1. The van der Waals surface area contributed by atoms with E-state index < -0.39 is 0 Å². The molecular weight excluding hydrogens is 270 g/mol. The average Bonchev–Trinajstić information content (AvgIpc) is 3.30. The Morgan fingerprint density at radius 2 is 1.85 bits per heavy atom. The van der Waals surface area contributed by atoms with Crippen molar-refractivity contribution in [1.82, 2.24) is 9.97 Å². The second-order valence-electron chi connectivity index (χ2n) is 6.38. The second kappa shape index (κ2) is 5.88. The number of aromatic nitrogens is 2. The van der Waals surface area contributed by atoms with Crippen molar-refractivity contribution in [2.24, 2.45) is 5.92 Å². The summed E-state index contributed by atoms with van der Waals surface area (Å²) in [5.41, 5.74) is 0. The maximum Gasteiger partial charge on any atom is 0.135 e. The molecule has 0 radical (unpaired) electrons. The minimum Gasteiger partial charge on any atom is -0.357 e. The zero-order chi connectivity index (χ0) is 14.1. The van der Waals surface area contributed by atoms with Crippen LogP contribution in [0, 0.1) is 5.92 Å². The van der Waals surface area contributed by atoms with Crippen LogP contribution in [0.4, 0.5) is 5.82 Å². The van der Waals surface area contributed by atoms with Crippen molar-refractivity contribution in [3.05, 3.63) is 17.0 Å². The van der Waals surface area contributed by atoms with Crippen molar-refractivity contribution in [3.63, 3.8) is 0 Å². The van der Waals surface area contributed by atoms with Crippen molar-refractivity contribution >= 4 is 17.4 Å². The van der Waals surface area contributed by atoms with E-state index in [1.54, 1.807) is 0 Å². The van der Waals surface area contributed by atoms with Gasteiger partial charge in [0.15, 0.2) is 0 Å². The minimum atomic E-state index is 0.552. The molecule has 0 N–H and O–H groups in total. The lowest BCUT2D eigenvalue weighted by Crippen LogP contribution is -2.35. The molecule has 0 aromatic carbocycles.